The molecule has 0 spiro atoms. The summed E-state index contributed by atoms with van der Waals surface area (Å²) in [6.07, 6.45) is 2.52. The molecule has 2 rings (SSSR count). The summed E-state index contributed by atoms with van der Waals surface area (Å²) in [5.74, 6) is 1.51. The highest BCUT2D eigenvalue weighted by Gasteiger charge is 2.07. The van der Waals surface area contributed by atoms with Gasteiger partial charge in [-0.2, -0.15) is 0 Å². The van der Waals surface area contributed by atoms with Crippen LogP contribution in [0.15, 0.2) is 28.8 Å². The van der Waals surface area contributed by atoms with E-state index in [4.69, 9.17) is 20.8 Å². The number of hydrogen-bond donors (Lipinski definition) is 1. The second-order valence-electron chi connectivity index (χ2n) is 4.58. The van der Waals surface area contributed by atoms with Crippen molar-refractivity contribution < 1.29 is 9.15 Å². The quantitative estimate of drug-likeness (QED) is 0.797. The molecule has 0 unspecified atom stereocenters. The van der Waals surface area contributed by atoms with Crippen molar-refractivity contribution in [1.82, 2.24) is 10.3 Å². The molecule has 0 saturated heterocycles. The van der Waals surface area contributed by atoms with Crippen LogP contribution in [0.1, 0.15) is 11.5 Å². The minimum absolute atomic E-state index is 0.709. The molecular weight excluding hydrogens is 276 g/mol. The number of halogens is 1. The number of methoxy groups -OCH3 is 1. The maximum atomic E-state index is 6.02. The van der Waals surface area contributed by atoms with E-state index >= 15 is 0 Å². The fourth-order valence-electron chi connectivity index (χ4n) is 1.85. The Morgan fingerprint density at radius 2 is 2.20 bits per heavy atom. The van der Waals surface area contributed by atoms with Gasteiger partial charge >= 0.3 is 0 Å². The van der Waals surface area contributed by atoms with E-state index in [1.807, 2.05) is 25.1 Å². The van der Waals surface area contributed by atoms with Crippen LogP contribution in [0.4, 0.5) is 0 Å². The lowest BCUT2D eigenvalue weighted by molar-refractivity contribution is 0.199. The van der Waals surface area contributed by atoms with Crippen LogP contribution in [0, 0.1) is 6.92 Å². The van der Waals surface area contributed by atoms with Crippen LogP contribution >= 0.6 is 11.6 Å². The van der Waals surface area contributed by atoms with Crippen LogP contribution in [-0.4, -0.2) is 31.8 Å². The molecule has 2 aromatic rings. The molecule has 0 radical (unpaired) electrons. The average Bonchev–Trinajstić information content (AvgIpc) is 2.90. The van der Waals surface area contributed by atoms with E-state index in [1.54, 1.807) is 13.3 Å². The van der Waals surface area contributed by atoms with Crippen LogP contribution in [0.5, 0.6) is 0 Å². The molecule has 4 nitrogen and oxygen atoms in total. The molecule has 0 aliphatic rings. The molecule has 0 aliphatic heterocycles. The number of benzene rings is 1. The molecule has 0 bridgehead atoms. The average molecular weight is 295 g/mol. The Labute approximate surface area is 124 Å². The molecule has 0 amide bonds. The third kappa shape index (κ3) is 4.07. The van der Waals surface area contributed by atoms with E-state index in [1.165, 1.54) is 0 Å². The zero-order valence-corrected chi connectivity index (χ0v) is 12.5. The van der Waals surface area contributed by atoms with Gasteiger partial charge in [0.2, 0.25) is 0 Å². The van der Waals surface area contributed by atoms with Gasteiger partial charge in [-0.05, 0) is 30.7 Å². The minimum Gasteiger partial charge on any atom is -0.441 e. The normalized spacial score (nSPS) is 10.9. The third-order valence-corrected chi connectivity index (χ3v) is 3.42. The molecule has 20 heavy (non-hydrogen) atoms. The summed E-state index contributed by atoms with van der Waals surface area (Å²) in [6, 6.07) is 5.82. The zero-order valence-electron chi connectivity index (χ0n) is 11.8. The topological polar surface area (TPSA) is 47.3 Å². The lowest BCUT2D eigenvalue weighted by Crippen LogP contribution is -2.21. The van der Waals surface area contributed by atoms with E-state index < -0.39 is 0 Å². The van der Waals surface area contributed by atoms with Crippen LogP contribution < -0.4 is 5.32 Å². The highest BCUT2D eigenvalue weighted by molar-refractivity contribution is 6.31. The van der Waals surface area contributed by atoms with E-state index in [9.17, 15) is 0 Å². The molecule has 108 valence electrons. The van der Waals surface area contributed by atoms with E-state index in [0.29, 0.717) is 6.61 Å². The van der Waals surface area contributed by atoms with Crippen LogP contribution in [0.3, 0.4) is 0 Å². The monoisotopic (exact) mass is 294 g/mol. The smallest absolute Gasteiger partial charge is 0.196 e. The van der Waals surface area contributed by atoms with Gasteiger partial charge in [0.25, 0.3) is 0 Å². The van der Waals surface area contributed by atoms with Gasteiger partial charge in [-0.25, -0.2) is 4.98 Å². The lowest BCUT2D eigenvalue weighted by atomic mass is 10.1. The van der Waals surface area contributed by atoms with Gasteiger partial charge < -0.3 is 14.5 Å². The summed E-state index contributed by atoms with van der Waals surface area (Å²) in [6.45, 7) is 4.34. The number of aromatic nitrogens is 1. The number of nitrogens with one attached hydrogen (secondary N) is 1. The van der Waals surface area contributed by atoms with Crippen molar-refractivity contribution in [2.45, 2.75) is 13.3 Å². The number of ether oxygens (including phenoxy) is 1. The Balaban J connectivity index is 1.93. The van der Waals surface area contributed by atoms with Crippen molar-refractivity contribution in [1.29, 1.82) is 0 Å². The van der Waals surface area contributed by atoms with Crippen LogP contribution in [0.2, 0.25) is 5.02 Å². The molecule has 5 heteroatoms. The van der Waals surface area contributed by atoms with Crippen molar-refractivity contribution in [3.63, 3.8) is 0 Å². The first-order valence-corrected chi connectivity index (χ1v) is 6.99. The summed E-state index contributed by atoms with van der Waals surface area (Å²) in [5, 5.41) is 4.02. The molecule has 1 aromatic carbocycles. The second kappa shape index (κ2) is 7.43. The second-order valence-corrected chi connectivity index (χ2v) is 4.98. The van der Waals surface area contributed by atoms with E-state index in [0.717, 1.165) is 47.3 Å². The summed E-state index contributed by atoms with van der Waals surface area (Å²) in [5.41, 5.74) is 2.03. The van der Waals surface area contributed by atoms with Gasteiger partial charge in [-0.3, -0.25) is 0 Å². The highest BCUT2D eigenvalue weighted by atomic mass is 35.5. The molecule has 1 N–H and O–H groups in total. The van der Waals surface area contributed by atoms with Crippen molar-refractivity contribution in [3.8, 4) is 11.3 Å². The maximum absolute atomic E-state index is 6.02. The van der Waals surface area contributed by atoms with Crippen LogP contribution in [-0.2, 0) is 11.2 Å². The summed E-state index contributed by atoms with van der Waals surface area (Å²) in [7, 11) is 1.69. The van der Waals surface area contributed by atoms with Gasteiger partial charge in [0, 0.05) is 37.2 Å². The molecule has 1 heterocycles. The molecule has 0 fully saturated rings. The molecular formula is C15H19ClN2O2. The Hall–Kier alpha value is -1.36. The van der Waals surface area contributed by atoms with Gasteiger partial charge in [-0.1, -0.05) is 11.6 Å². The van der Waals surface area contributed by atoms with Crippen molar-refractivity contribution in [3.05, 3.63) is 40.9 Å². The Morgan fingerprint density at radius 3 is 2.95 bits per heavy atom. The summed E-state index contributed by atoms with van der Waals surface area (Å²) in [4.78, 5) is 4.29. The standard InChI is InChI=1S/C15H19ClN2O2/c1-11-9-12(3-4-13(11)16)14-10-18-15(20-14)5-6-17-7-8-19-2/h3-4,9-10,17H,5-8H2,1-2H3. The first-order chi connectivity index (χ1) is 9.70. The van der Waals surface area contributed by atoms with Crippen molar-refractivity contribution in [2.75, 3.05) is 26.8 Å². The highest BCUT2D eigenvalue weighted by Crippen LogP contribution is 2.25. The largest absolute Gasteiger partial charge is 0.441 e. The fraction of sp³-hybridized carbons (Fsp3) is 0.400. The number of rotatable bonds is 7. The first-order valence-electron chi connectivity index (χ1n) is 6.61. The van der Waals surface area contributed by atoms with Crippen LogP contribution in [0.25, 0.3) is 11.3 Å². The van der Waals surface area contributed by atoms with Gasteiger partial charge in [0.1, 0.15) is 0 Å². The zero-order chi connectivity index (χ0) is 14.4. The van der Waals surface area contributed by atoms with E-state index in [-0.39, 0.29) is 0 Å². The SMILES string of the molecule is COCCNCCc1ncc(-c2ccc(Cl)c(C)c2)o1. The Kier molecular flexibility index (Phi) is 5.59. The Bertz CT molecular complexity index is 555. The maximum Gasteiger partial charge on any atom is 0.196 e. The van der Waals surface area contributed by atoms with Gasteiger partial charge in [-0.15, -0.1) is 0 Å². The Morgan fingerprint density at radius 1 is 1.35 bits per heavy atom. The lowest BCUT2D eigenvalue weighted by Gasteiger charge is -2.02. The number of oxazole rings is 1. The molecule has 0 aliphatic carbocycles. The molecule has 0 saturated carbocycles. The molecule has 1 aromatic heterocycles. The number of nitrogens with zero attached hydrogens (tertiary/aromatic N) is 1. The predicted molar refractivity (Wildman–Crippen MR) is 80.1 cm³/mol. The first kappa shape index (κ1) is 15.0. The number of aryl methyl sites for hydroxylation is 1. The predicted octanol–water partition coefficient (Wildman–Crippen LogP) is 3.08. The third-order valence-electron chi connectivity index (χ3n) is 2.99. The van der Waals surface area contributed by atoms with Gasteiger partial charge in [0.15, 0.2) is 11.7 Å². The minimum atomic E-state index is 0.709. The van der Waals surface area contributed by atoms with Crippen molar-refractivity contribution >= 4 is 11.6 Å². The van der Waals surface area contributed by atoms with Gasteiger partial charge in [0.05, 0.1) is 12.8 Å². The van der Waals surface area contributed by atoms with E-state index in [2.05, 4.69) is 10.3 Å². The number of hydrogen-bond acceptors (Lipinski definition) is 4. The summed E-state index contributed by atoms with van der Waals surface area (Å²) >= 11 is 6.02. The molecule has 0 atom stereocenters. The van der Waals surface area contributed by atoms with Crippen molar-refractivity contribution in [2.24, 2.45) is 0 Å². The summed E-state index contributed by atoms with van der Waals surface area (Å²) < 4.78 is 10.7. The fourth-order valence-corrected chi connectivity index (χ4v) is 1.97.